The van der Waals surface area contributed by atoms with Crippen LogP contribution < -0.4 is 29.6 Å². The Kier molecular flexibility index (Phi) is 4.11. The molecule has 0 saturated heterocycles. The van der Waals surface area contributed by atoms with Gasteiger partial charge in [0, 0.05) is 21.4 Å². The van der Waals surface area contributed by atoms with Crippen molar-refractivity contribution in [1.82, 2.24) is 4.98 Å². The Balaban J connectivity index is 0.000000810. The molecule has 0 atom stereocenters. The minimum absolute atomic E-state index is 0. The van der Waals surface area contributed by atoms with Gasteiger partial charge in [-0.3, -0.25) is 0 Å². The molecule has 3 rings (SSSR count). The Labute approximate surface area is 136 Å². The standard InChI is InChI=1S/C13H7BrClN.Na.H/c14-12-5-8-3-1-2-4-9(8)11-7-16-13(15)6-10(11)12;;/h1-7H;;/q;+1;-1. The van der Waals surface area contributed by atoms with Crippen LogP contribution in [-0.4, -0.2) is 4.98 Å². The van der Waals surface area contributed by atoms with Gasteiger partial charge in [-0.25, -0.2) is 4.98 Å². The first-order chi connectivity index (χ1) is 7.75. The van der Waals surface area contributed by atoms with E-state index in [9.17, 15) is 0 Å². The van der Waals surface area contributed by atoms with E-state index in [1.165, 1.54) is 10.8 Å². The van der Waals surface area contributed by atoms with E-state index in [2.05, 4.69) is 39.1 Å². The largest absolute Gasteiger partial charge is 1.00 e. The van der Waals surface area contributed by atoms with Crippen LogP contribution in [-0.2, 0) is 0 Å². The number of halogens is 2. The van der Waals surface area contributed by atoms with Crippen molar-refractivity contribution in [2.75, 3.05) is 0 Å². The van der Waals surface area contributed by atoms with Crippen molar-refractivity contribution < 1.29 is 31.0 Å². The molecule has 0 fully saturated rings. The van der Waals surface area contributed by atoms with Crippen molar-refractivity contribution in [3.8, 4) is 0 Å². The van der Waals surface area contributed by atoms with E-state index in [1.807, 2.05) is 24.4 Å². The number of aromatic nitrogens is 1. The average molecular weight is 317 g/mol. The maximum absolute atomic E-state index is 5.91. The van der Waals surface area contributed by atoms with Gasteiger partial charge in [0.25, 0.3) is 0 Å². The predicted octanol–water partition coefficient (Wildman–Crippen LogP) is 1.92. The van der Waals surface area contributed by atoms with Crippen molar-refractivity contribution in [2.45, 2.75) is 0 Å². The Hall–Kier alpha value is -0.120. The average Bonchev–Trinajstić information content (AvgIpc) is 2.29. The molecular weight excluding hydrogens is 308 g/mol. The maximum atomic E-state index is 5.91. The van der Waals surface area contributed by atoms with E-state index in [4.69, 9.17) is 11.6 Å². The molecule has 0 radical (unpaired) electrons. The number of hydrogen-bond acceptors (Lipinski definition) is 1. The minimum atomic E-state index is 0. The van der Waals surface area contributed by atoms with E-state index in [0.29, 0.717) is 5.15 Å². The second kappa shape index (κ2) is 5.25. The quantitative estimate of drug-likeness (QED) is 0.351. The monoisotopic (exact) mass is 315 g/mol. The van der Waals surface area contributed by atoms with Crippen molar-refractivity contribution >= 4 is 49.1 Å². The topological polar surface area (TPSA) is 12.9 Å². The molecule has 2 aromatic carbocycles. The molecule has 0 bridgehead atoms. The second-order valence-corrected chi connectivity index (χ2v) is 4.87. The van der Waals surface area contributed by atoms with Gasteiger partial charge in [0.2, 0.25) is 0 Å². The van der Waals surface area contributed by atoms with Crippen LogP contribution in [0.3, 0.4) is 0 Å². The Morgan fingerprint density at radius 3 is 2.65 bits per heavy atom. The first kappa shape index (κ1) is 13.3. The summed E-state index contributed by atoms with van der Waals surface area (Å²) in [6, 6.07) is 12.2. The van der Waals surface area contributed by atoms with Gasteiger partial charge in [0.1, 0.15) is 5.15 Å². The number of nitrogens with zero attached hydrogens (tertiary/aromatic N) is 1. The third-order valence-electron chi connectivity index (χ3n) is 2.66. The number of rotatable bonds is 0. The first-order valence-corrected chi connectivity index (χ1v) is 6.05. The van der Waals surface area contributed by atoms with E-state index in [1.54, 1.807) is 0 Å². The van der Waals surface area contributed by atoms with E-state index in [-0.39, 0.29) is 31.0 Å². The summed E-state index contributed by atoms with van der Waals surface area (Å²) in [4.78, 5) is 4.14. The third-order valence-corrected chi connectivity index (χ3v) is 3.52. The summed E-state index contributed by atoms with van der Waals surface area (Å²) in [6.45, 7) is 0. The van der Waals surface area contributed by atoms with E-state index >= 15 is 0 Å². The fourth-order valence-electron chi connectivity index (χ4n) is 1.92. The zero-order chi connectivity index (χ0) is 11.1. The molecular formula is C13H8BrClNNa. The summed E-state index contributed by atoms with van der Waals surface area (Å²) in [7, 11) is 0. The van der Waals surface area contributed by atoms with Crippen molar-refractivity contribution in [2.24, 2.45) is 0 Å². The van der Waals surface area contributed by atoms with Gasteiger partial charge in [-0.1, -0.05) is 51.8 Å². The summed E-state index contributed by atoms with van der Waals surface area (Å²) >= 11 is 9.48. The summed E-state index contributed by atoms with van der Waals surface area (Å²) in [5, 5.41) is 5.13. The van der Waals surface area contributed by atoms with Crippen molar-refractivity contribution in [3.05, 3.63) is 52.2 Å². The smallest absolute Gasteiger partial charge is 1.00 e. The molecule has 80 valence electrons. The number of benzene rings is 2. The van der Waals surface area contributed by atoms with Crippen LogP contribution in [0.5, 0.6) is 0 Å². The Morgan fingerprint density at radius 2 is 1.82 bits per heavy atom. The number of hydrogen-bond donors (Lipinski definition) is 0. The summed E-state index contributed by atoms with van der Waals surface area (Å²) in [5.74, 6) is 0. The molecule has 17 heavy (non-hydrogen) atoms. The second-order valence-electron chi connectivity index (χ2n) is 3.63. The first-order valence-electron chi connectivity index (χ1n) is 4.88. The number of fused-ring (bicyclic) bond motifs is 3. The summed E-state index contributed by atoms with van der Waals surface area (Å²) in [5.41, 5.74) is 0. The fourth-order valence-corrected chi connectivity index (χ4v) is 2.66. The molecule has 0 N–H and O–H groups in total. The Bertz CT molecular complexity index is 705. The van der Waals surface area contributed by atoms with Gasteiger partial charge in [0.15, 0.2) is 0 Å². The van der Waals surface area contributed by atoms with Gasteiger partial charge in [-0.2, -0.15) is 0 Å². The van der Waals surface area contributed by atoms with Crippen molar-refractivity contribution in [1.29, 1.82) is 0 Å². The fraction of sp³-hybridized carbons (Fsp3) is 0. The van der Waals surface area contributed by atoms with Crippen LogP contribution in [0.4, 0.5) is 0 Å². The maximum Gasteiger partial charge on any atom is 1.00 e. The predicted molar refractivity (Wildman–Crippen MR) is 73.1 cm³/mol. The normalized spacial score (nSPS) is 10.5. The zero-order valence-electron chi connectivity index (χ0n) is 10.2. The van der Waals surface area contributed by atoms with Gasteiger partial charge < -0.3 is 1.43 Å². The molecule has 0 aliphatic carbocycles. The van der Waals surface area contributed by atoms with Crippen LogP contribution in [0.25, 0.3) is 21.5 Å². The molecule has 0 unspecified atom stereocenters. The summed E-state index contributed by atoms with van der Waals surface area (Å²) in [6.07, 6.45) is 1.82. The SMILES string of the molecule is Clc1cc2c(Br)cc3ccccc3c2cn1.[H-].[Na+]. The van der Waals surface area contributed by atoms with Crippen molar-refractivity contribution in [3.63, 3.8) is 0 Å². The Morgan fingerprint density at radius 1 is 1.06 bits per heavy atom. The van der Waals surface area contributed by atoms with E-state index < -0.39 is 0 Å². The third kappa shape index (κ3) is 2.38. The molecule has 0 amide bonds. The molecule has 3 aromatic rings. The van der Waals surface area contributed by atoms with Crippen LogP contribution in [0.2, 0.25) is 5.15 Å². The van der Waals surface area contributed by atoms with E-state index in [0.717, 1.165) is 15.2 Å². The molecule has 0 aliphatic heterocycles. The van der Waals surface area contributed by atoms with Crippen LogP contribution in [0.1, 0.15) is 1.43 Å². The van der Waals surface area contributed by atoms with Gasteiger partial charge in [-0.05, 0) is 22.9 Å². The molecule has 1 aromatic heterocycles. The molecule has 0 spiro atoms. The van der Waals surface area contributed by atoms with Gasteiger partial charge in [0.05, 0.1) is 0 Å². The minimum Gasteiger partial charge on any atom is -1.00 e. The van der Waals surface area contributed by atoms with Crippen LogP contribution >= 0.6 is 27.5 Å². The van der Waals surface area contributed by atoms with Crippen LogP contribution in [0.15, 0.2) is 47.1 Å². The number of pyridine rings is 1. The van der Waals surface area contributed by atoms with Gasteiger partial charge >= 0.3 is 29.6 Å². The molecule has 4 heteroatoms. The summed E-state index contributed by atoms with van der Waals surface area (Å²) < 4.78 is 1.05. The molecule has 0 aliphatic rings. The molecule has 1 heterocycles. The zero-order valence-corrected chi connectivity index (χ0v) is 13.6. The van der Waals surface area contributed by atoms with Crippen LogP contribution in [0, 0.1) is 0 Å². The van der Waals surface area contributed by atoms with Gasteiger partial charge in [-0.15, -0.1) is 0 Å². The molecule has 0 saturated carbocycles. The molecule has 1 nitrogen and oxygen atoms in total.